The third-order valence-electron chi connectivity index (χ3n) is 3.32. The van der Waals surface area contributed by atoms with Gasteiger partial charge in [0.2, 0.25) is 0 Å². The molecule has 0 saturated carbocycles. The number of aromatic nitrogens is 2. The molecule has 0 fully saturated rings. The van der Waals surface area contributed by atoms with Crippen LogP contribution in [0.2, 0.25) is 0 Å². The van der Waals surface area contributed by atoms with E-state index in [0.29, 0.717) is 11.3 Å². The van der Waals surface area contributed by atoms with Crippen molar-refractivity contribution in [2.45, 2.75) is 6.54 Å². The molecule has 126 valence electrons. The Labute approximate surface area is 138 Å². The number of ketones is 1. The number of benzene rings is 1. The van der Waals surface area contributed by atoms with Crippen LogP contribution in [0.3, 0.4) is 0 Å². The summed E-state index contributed by atoms with van der Waals surface area (Å²) in [5.74, 6) is -1.21. The SMILES string of the molecule is COC(=O)c1ncn(CC(=O)c2ccc(OC)cc2)c1C(=O)OC. The second-order valence-electron chi connectivity index (χ2n) is 4.70. The Morgan fingerprint density at radius 1 is 1.00 bits per heavy atom. The summed E-state index contributed by atoms with van der Waals surface area (Å²) in [5.41, 5.74) is 0.0954. The number of imidazole rings is 1. The fourth-order valence-corrected chi connectivity index (χ4v) is 2.08. The summed E-state index contributed by atoms with van der Waals surface area (Å²) in [6, 6.07) is 6.53. The van der Waals surface area contributed by atoms with Crippen molar-refractivity contribution in [1.82, 2.24) is 9.55 Å². The van der Waals surface area contributed by atoms with Gasteiger partial charge in [0.25, 0.3) is 0 Å². The van der Waals surface area contributed by atoms with Crippen LogP contribution in [0.1, 0.15) is 31.3 Å². The average molecular weight is 332 g/mol. The van der Waals surface area contributed by atoms with Gasteiger partial charge >= 0.3 is 11.9 Å². The molecule has 0 amide bonds. The van der Waals surface area contributed by atoms with Gasteiger partial charge in [-0.25, -0.2) is 14.6 Å². The van der Waals surface area contributed by atoms with Crippen LogP contribution in [0.5, 0.6) is 5.75 Å². The highest BCUT2D eigenvalue weighted by molar-refractivity contribution is 6.02. The molecule has 0 radical (unpaired) electrons. The third kappa shape index (κ3) is 3.43. The highest BCUT2D eigenvalue weighted by Crippen LogP contribution is 2.15. The number of hydrogen-bond donors (Lipinski definition) is 0. The zero-order chi connectivity index (χ0) is 17.7. The minimum Gasteiger partial charge on any atom is -0.497 e. The van der Waals surface area contributed by atoms with Crippen LogP contribution in [0.25, 0.3) is 0 Å². The Kier molecular flexibility index (Phi) is 5.31. The summed E-state index contributed by atoms with van der Waals surface area (Å²) in [6.45, 7) is -0.180. The molecule has 1 heterocycles. The van der Waals surface area contributed by atoms with Crippen molar-refractivity contribution in [3.05, 3.63) is 47.5 Å². The first-order valence-electron chi connectivity index (χ1n) is 6.90. The molecule has 24 heavy (non-hydrogen) atoms. The molecule has 1 aromatic carbocycles. The Hall–Kier alpha value is -3.16. The zero-order valence-corrected chi connectivity index (χ0v) is 13.4. The highest BCUT2D eigenvalue weighted by Gasteiger charge is 2.26. The molecule has 0 bridgehead atoms. The number of nitrogens with zero attached hydrogens (tertiary/aromatic N) is 2. The second-order valence-corrected chi connectivity index (χ2v) is 4.70. The van der Waals surface area contributed by atoms with Crippen LogP contribution < -0.4 is 4.74 Å². The normalized spacial score (nSPS) is 10.1. The molecule has 0 spiro atoms. The Morgan fingerprint density at radius 3 is 2.17 bits per heavy atom. The average Bonchev–Trinajstić information content (AvgIpc) is 3.03. The molecule has 0 aliphatic rings. The Bertz CT molecular complexity index is 763. The fourth-order valence-electron chi connectivity index (χ4n) is 2.08. The lowest BCUT2D eigenvalue weighted by atomic mass is 10.1. The number of carbonyl (C=O) groups excluding carboxylic acids is 3. The van der Waals surface area contributed by atoms with Crippen LogP contribution in [0, 0.1) is 0 Å². The quantitative estimate of drug-likeness (QED) is 0.582. The van der Waals surface area contributed by atoms with Gasteiger partial charge in [0.05, 0.1) is 34.2 Å². The molecule has 1 aromatic heterocycles. The molecule has 0 N–H and O–H groups in total. The number of methoxy groups -OCH3 is 3. The first-order valence-corrected chi connectivity index (χ1v) is 6.90. The maximum atomic E-state index is 12.4. The van der Waals surface area contributed by atoms with Gasteiger partial charge in [-0.2, -0.15) is 0 Å². The van der Waals surface area contributed by atoms with E-state index < -0.39 is 11.9 Å². The van der Waals surface area contributed by atoms with Gasteiger partial charge in [-0.3, -0.25) is 4.79 Å². The maximum absolute atomic E-state index is 12.4. The van der Waals surface area contributed by atoms with Crippen molar-refractivity contribution in [2.75, 3.05) is 21.3 Å². The molecule has 0 saturated heterocycles. The van der Waals surface area contributed by atoms with Crippen molar-refractivity contribution in [2.24, 2.45) is 0 Å². The van der Waals surface area contributed by atoms with E-state index in [1.165, 1.54) is 32.2 Å². The number of carbonyl (C=O) groups is 3. The Balaban J connectivity index is 2.31. The molecular formula is C16H16N2O6. The molecule has 8 nitrogen and oxygen atoms in total. The van der Waals surface area contributed by atoms with Crippen molar-refractivity contribution < 1.29 is 28.6 Å². The second kappa shape index (κ2) is 7.40. The van der Waals surface area contributed by atoms with E-state index >= 15 is 0 Å². The summed E-state index contributed by atoms with van der Waals surface area (Å²) >= 11 is 0. The lowest BCUT2D eigenvalue weighted by Gasteiger charge is -2.08. The van der Waals surface area contributed by atoms with Crippen LogP contribution in [0.4, 0.5) is 0 Å². The zero-order valence-electron chi connectivity index (χ0n) is 13.4. The summed E-state index contributed by atoms with van der Waals surface area (Å²) in [7, 11) is 3.87. The van der Waals surface area contributed by atoms with Gasteiger partial charge in [0.15, 0.2) is 17.2 Å². The molecular weight excluding hydrogens is 316 g/mol. The summed E-state index contributed by atoms with van der Waals surface area (Å²) in [4.78, 5) is 39.8. The van der Waals surface area contributed by atoms with Crippen molar-refractivity contribution in [3.63, 3.8) is 0 Å². The minimum absolute atomic E-state index is 0.133. The van der Waals surface area contributed by atoms with Crippen LogP contribution in [0.15, 0.2) is 30.6 Å². The monoisotopic (exact) mass is 332 g/mol. The Morgan fingerprint density at radius 2 is 1.62 bits per heavy atom. The van der Waals surface area contributed by atoms with E-state index in [0.717, 1.165) is 0 Å². The number of hydrogen-bond acceptors (Lipinski definition) is 7. The largest absolute Gasteiger partial charge is 0.497 e. The predicted molar refractivity (Wildman–Crippen MR) is 82.2 cm³/mol. The smallest absolute Gasteiger partial charge is 0.359 e. The van der Waals surface area contributed by atoms with Gasteiger partial charge in [-0.15, -0.1) is 0 Å². The predicted octanol–water partition coefficient (Wildman–Crippen LogP) is 1.35. The topological polar surface area (TPSA) is 96.7 Å². The first kappa shape index (κ1) is 17.2. The summed E-state index contributed by atoms with van der Waals surface area (Å²) < 4.78 is 15.5. The van der Waals surface area contributed by atoms with Crippen LogP contribution in [-0.2, 0) is 16.0 Å². The highest BCUT2D eigenvalue weighted by atomic mass is 16.5. The molecule has 8 heteroatoms. The van der Waals surface area contributed by atoms with E-state index in [-0.39, 0.29) is 23.7 Å². The summed E-state index contributed by atoms with van der Waals surface area (Å²) in [6.07, 6.45) is 1.22. The molecule has 2 aromatic rings. The van der Waals surface area contributed by atoms with Crippen molar-refractivity contribution >= 4 is 17.7 Å². The minimum atomic E-state index is -0.786. The molecule has 0 unspecified atom stereocenters. The van der Waals surface area contributed by atoms with Gasteiger partial charge in [0.1, 0.15) is 5.75 Å². The standard InChI is InChI=1S/C16H16N2O6/c1-22-11-6-4-10(5-7-11)12(19)8-18-9-17-13(15(20)23-2)14(18)16(21)24-3/h4-7,9H,8H2,1-3H3. The third-order valence-corrected chi connectivity index (χ3v) is 3.32. The van der Waals surface area contributed by atoms with Gasteiger partial charge < -0.3 is 18.8 Å². The van der Waals surface area contributed by atoms with Crippen LogP contribution >= 0.6 is 0 Å². The van der Waals surface area contributed by atoms with E-state index in [1.807, 2.05) is 0 Å². The number of ether oxygens (including phenoxy) is 3. The van der Waals surface area contributed by atoms with E-state index in [9.17, 15) is 14.4 Å². The van der Waals surface area contributed by atoms with Gasteiger partial charge in [-0.1, -0.05) is 0 Å². The number of esters is 2. The molecule has 2 rings (SSSR count). The first-order chi connectivity index (χ1) is 11.5. The fraction of sp³-hybridized carbons (Fsp3) is 0.250. The van der Waals surface area contributed by atoms with E-state index in [1.54, 1.807) is 24.3 Å². The lowest BCUT2D eigenvalue weighted by Crippen LogP contribution is -2.19. The summed E-state index contributed by atoms with van der Waals surface area (Å²) in [5, 5.41) is 0. The number of rotatable bonds is 6. The molecule has 0 aliphatic carbocycles. The van der Waals surface area contributed by atoms with Gasteiger partial charge in [0, 0.05) is 5.56 Å². The van der Waals surface area contributed by atoms with Crippen LogP contribution in [-0.4, -0.2) is 48.6 Å². The van der Waals surface area contributed by atoms with E-state index in [4.69, 9.17) is 4.74 Å². The maximum Gasteiger partial charge on any atom is 0.359 e. The van der Waals surface area contributed by atoms with Crippen molar-refractivity contribution in [3.8, 4) is 5.75 Å². The van der Waals surface area contributed by atoms with Crippen molar-refractivity contribution in [1.29, 1.82) is 0 Å². The lowest BCUT2D eigenvalue weighted by molar-refractivity contribution is 0.0543. The van der Waals surface area contributed by atoms with Gasteiger partial charge in [-0.05, 0) is 24.3 Å². The number of Topliss-reactive ketones (excluding diaryl/α,β-unsaturated/α-hetero) is 1. The van der Waals surface area contributed by atoms with E-state index in [2.05, 4.69) is 14.5 Å². The molecule has 0 atom stereocenters. The molecule has 0 aliphatic heterocycles.